The van der Waals surface area contributed by atoms with Crippen LogP contribution in [0.3, 0.4) is 0 Å². The normalized spacial score (nSPS) is 15.2. The number of likely N-dealkylation sites (tertiary alicyclic amines) is 1. The highest BCUT2D eigenvalue weighted by Gasteiger charge is 2.26. The number of aryl methyl sites for hydroxylation is 1. The molecule has 22 heavy (non-hydrogen) atoms. The van der Waals surface area contributed by atoms with Crippen molar-refractivity contribution in [2.24, 2.45) is 5.92 Å². The Hall–Kier alpha value is -2.35. The first-order valence-corrected chi connectivity index (χ1v) is 7.54. The summed E-state index contributed by atoms with van der Waals surface area (Å²) in [6, 6.07) is 9.10. The first kappa shape index (κ1) is 16.0. The van der Waals surface area contributed by atoms with Crippen molar-refractivity contribution in [1.82, 2.24) is 4.90 Å². The summed E-state index contributed by atoms with van der Waals surface area (Å²) in [6.45, 7) is 3.46. The van der Waals surface area contributed by atoms with Crippen molar-refractivity contribution in [3.8, 4) is 6.07 Å². The quantitative estimate of drug-likeness (QED) is 0.782. The molecule has 0 aliphatic carbocycles. The Labute approximate surface area is 130 Å². The van der Waals surface area contributed by atoms with Gasteiger partial charge in [0.15, 0.2) is 0 Å². The van der Waals surface area contributed by atoms with Gasteiger partial charge in [0, 0.05) is 19.5 Å². The van der Waals surface area contributed by atoms with Gasteiger partial charge >= 0.3 is 5.97 Å². The number of benzene rings is 1. The average Bonchev–Trinajstić information content (AvgIpc) is 3.06. The molecule has 1 aromatic rings. The fourth-order valence-electron chi connectivity index (χ4n) is 2.44. The Bertz CT molecular complexity index is 569. The van der Waals surface area contributed by atoms with Gasteiger partial charge in [0.05, 0.1) is 18.2 Å². The molecule has 0 aromatic heterocycles. The minimum atomic E-state index is -0.732. The van der Waals surface area contributed by atoms with Crippen LogP contribution in [0.25, 0.3) is 0 Å². The van der Waals surface area contributed by atoms with Crippen molar-refractivity contribution in [2.75, 3.05) is 19.7 Å². The lowest BCUT2D eigenvalue weighted by atomic mass is 10.1. The zero-order valence-electron chi connectivity index (χ0n) is 12.7. The molecule has 116 valence electrons. The molecule has 0 bridgehead atoms. The van der Waals surface area contributed by atoms with Gasteiger partial charge in [-0.2, -0.15) is 5.26 Å². The highest BCUT2D eigenvalue weighted by Crippen LogP contribution is 2.14. The fourth-order valence-corrected chi connectivity index (χ4v) is 2.44. The molecule has 0 N–H and O–H groups in total. The van der Waals surface area contributed by atoms with Crippen molar-refractivity contribution in [1.29, 1.82) is 5.26 Å². The van der Waals surface area contributed by atoms with E-state index in [4.69, 9.17) is 10.00 Å². The van der Waals surface area contributed by atoms with Gasteiger partial charge in [-0.1, -0.05) is 17.7 Å². The third-order valence-electron chi connectivity index (χ3n) is 3.80. The van der Waals surface area contributed by atoms with Crippen LogP contribution < -0.4 is 0 Å². The van der Waals surface area contributed by atoms with Crippen LogP contribution in [0.15, 0.2) is 24.3 Å². The van der Waals surface area contributed by atoms with Gasteiger partial charge in [0.1, 0.15) is 5.92 Å². The first-order chi connectivity index (χ1) is 10.6. The number of ether oxygens (including phenoxy) is 1. The number of carbonyl (C=O) groups is 2. The lowest BCUT2D eigenvalue weighted by Crippen LogP contribution is -2.33. The maximum absolute atomic E-state index is 12.1. The van der Waals surface area contributed by atoms with Gasteiger partial charge in [0.2, 0.25) is 5.91 Å². The molecule has 1 atom stereocenters. The number of hydrogen-bond acceptors (Lipinski definition) is 4. The van der Waals surface area contributed by atoms with E-state index in [-0.39, 0.29) is 18.9 Å². The van der Waals surface area contributed by atoms with Crippen molar-refractivity contribution in [2.45, 2.75) is 26.2 Å². The SMILES string of the molecule is Cc1ccc(C(=O)OCCC(C#N)C(=O)N2CCCC2)cc1. The van der Waals surface area contributed by atoms with Crippen LogP contribution in [-0.2, 0) is 9.53 Å². The van der Waals surface area contributed by atoms with E-state index in [1.807, 2.05) is 25.1 Å². The van der Waals surface area contributed by atoms with Gasteiger partial charge in [-0.25, -0.2) is 4.79 Å². The molecule has 1 saturated heterocycles. The molecule has 2 rings (SSSR count). The summed E-state index contributed by atoms with van der Waals surface area (Å²) in [4.78, 5) is 25.7. The Morgan fingerprint density at radius 3 is 2.50 bits per heavy atom. The Balaban J connectivity index is 1.81. The fraction of sp³-hybridized carbons (Fsp3) is 0.471. The molecule has 0 spiro atoms. The van der Waals surface area contributed by atoms with Gasteiger partial charge in [-0.3, -0.25) is 4.79 Å². The number of carbonyl (C=O) groups excluding carboxylic acids is 2. The smallest absolute Gasteiger partial charge is 0.338 e. The molecule has 0 saturated carbocycles. The molecule has 1 aliphatic rings. The molecule has 1 aromatic carbocycles. The lowest BCUT2D eigenvalue weighted by molar-refractivity contribution is -0.133. The minimum Gasteiger partial charge on any atom is -0.462 e. The van der Waals surface area contributed by atoms with Gasteiger partial charge in [-0.15, -0.1) is 0 Å². The molecular formula is C17H20N2O3. The highest BCUT2D eigenvalue weighted by molar-refractivity contribution is 5.89. The summed E-state index contributed by atoms with van der Waals surface area (Å²) >= 11 is 0. The van der Waals surface area contributed by atoms with Gasteiger partial charge in [-0.05, 0) is 31.9 Å². The van der Waals surface area contributed by atoms with Crippen LogP contribution >= 0.6 is 0 Å². The Kier molecular flexibility index (Phi) is 5.54. The molecule has 1 aliphatic heterocycles. The third-order valence-corrected chi connectivity index (χ3v) is 3.80. The molecule has 5 nitrogen and oxygen atoms in total. The molecule has 1 amide bonds. The van der Waals surface area contributed by atoms with Crippen molar-refractivity contribution in [3.63, 3.8) is 0 Å². The molecule has 1 fully saturated rings. The summed E-state index contributed by atoms with van der Waals surface area (Å²) in [6.07, 6.45) is 2.22. The van der Waals surface area contributed by atoms with E-state index in [0.717, 1.165) is 31.5 Å². The Morgan fingerprint density at radius 2 is 1.91 bits per heavy atom. The maximum atomic E-state index is 12.1. The molecule has 5 heteroatoms. The van der Waals surface area contributed by atoms with E-state index in [0.29, 0.717) is 5.56 Å². The van der Waals surface area contributed by atoms with Crippen LogP contribution in [0.4, 0.5) is 0 Å². The predicted molar refractivity (Wildman–Crippen MR) is 81.0 cm³/mol. The summed E-state index contributed by atoms with van der Waals surface area (Å²) < 4.78 is 5.15. The van der Waals surface area contributed by atoms with E-state index >= 15 is 0 Å². The monoisotopic (exact) mass is 300 g/mol. The van der Waals surface area contributed by atoms with Crippen molar-refractivity contribution < 1.29 is 14.3 Å². The second-order valence-corrected chi connectivity index (χ2v) is 5.50. The summed E-state index contributed by atoms with van der Waals surface area (Å²) in [5.41, 5.74) is 1.54. The zero-order valence-corrected chi connectivity index (χ0v) is 12.7. The average molecular weight is 300 g/mol. The number of nitrogens with zero attached hydrogens (tertiary/aromatic N) is 2. The summed E-state index contributed by atoms with van der Waals surface area (Å²) in [5.74, 6) is -1.30. The van der Waals surface area contributed by atoms with E-state index in [9.17, 15) is 9.59 Å². The van der Waals surface area contributed by atoms with E-state index in [1.165, 1.54) is 0 Å². The number of esters is 1. The first-order valence-electron chi connectivity index (χ1n) is 7.54. The largest absolute Gasteiger partial charge is 0.462 e. The molecular weight excluding hydrogens is 280 g/mol. The number of rotatable bonds is 5. The Morgan fingerprint density at radius 1 is 1.27 bits per heavy atom. The van der Waals surface area contributed by atoms with Crippen molar-refractivity contribution >= 4 is 11.9 Å². The van der Waals surface area contributed by atoms with Crippen LogP contribution in [0.5, 0.6) is 0 Å². The highest BCUT2D eigenvalue weighted by atomic mass is 16.5. The summed E-state index contributed by atoms with van der Waals surface area (Å²) in [7, 11) is 0. The lowest BCUT2D eigenvalue weighted by Gasteiger charge is -2.18. The molecule has 1 heterocycles. The summed E-state index contributed by atoms with van der Waals surface area (Å²) in [5, 5.41) is 9.13. The second kappa shape index (κ2) is 7.60. The minimum absolute atomic E-state index is 0.0739. The number of hydrogen-bond donors (Lipinski definition) is 0. The second-order valence-electron chi connectivity index (χ2n) is 5.50. The zero-order chi connectivity index (χ0) is 15.9. The van der Waals surface area contributed by atoms with E-state index < -0.39 is 11.9 Å². The maximum Gasteiger partial charge on any atom is 0.338 e. The van der Waals surface area contributed by atoms with Gasteiger partial charge in [0.25, 0.3) is 0 Å². The van der Waals surface area contributed by atoms with E-state index in [1.54, 1.807) is 17.0 Å². The van der Waals surface area contributed by atoms with Crippen molar-refractivity contribution in [3.05, 3.63) is 35.4 Å². The van der Waals surface area contributed by atoms with Gasteiger partial charge < -0.3 is 9.64 Å². The topological polar surface area (TPSA) is 70.4 Å². The van der Waals surface area contributed by atoms with Crippen LogP contribution in [0, 0.1) is 24.2 Å². The van der Waals surface area contributed by atoms with Crippen LogP contribution in [0.2, 0.25) is 0 Å². The van der Waals surface area contributed by atoms with E-state index in [2.05, 4.69) is 0 Å². The predicted octanol–water partition coefficient (Wildman–Crippen LogP) is 2.30. The molecule has 1 unspecified atom stereocenters. The standard InChI is InChI=1S/C17H20N2O3/c1-13-4-6-14(7-5-13)17(21)22-11-8-15(12-18)16(20)19-9-2-3-10-19/h4-7,15H,2-3,8-11H2,1H3. The number of nitriles is 1. The third kappa shape index (κ3) is 4.08. The number of amides is 1. The van der Waals surface area contributed by atoms with Crippen LogP contribution in [-0.4, -0.2) is 36.5 Å². The molecule has 0 radical (unpaired) electrons. The van der Waals surface area contributed by atoms with Crippen LogP contribution in [0.1, 0.15) is 35.2 Å².